The van der Waals surface area contributed by atoms with Gasteiger partial charge in [0.15, 0.2) is 0 Å². The first kappa shape index (κ1) is 6.37. The van der Waals surface area contributed by atoms with Crippen molar-refractivity contribution in [2.45, 2.75) is 18.9 Å². The molecular weight excluding hydrogens is 164 g/mol. The summed E-state index contributed by atoms with van der Waals surface area (Å²) in [6.07, 6.45) is 0. The fourth-order valence-corrected chi connectivity index (χ4v) is 2.96. The largest absolute Gasteiger partial charge is 0.344 e. The molecule has 0 unspecified atom stereocenters. The summed E-state index contributed by atoms with van der Waals surface area (Å²) in [7, 11) is 0. The average Bonchev–Trinajstić information content (AvgIpc) is 2.21. The maximum atomic E-state index is 4.36. The van der Waals surface area contributed by atoms with Crippen molar-refractivity contribution in [3.05, 3.63) is 5.01 Å². The highest BCUT2D eigenvalue weighted by atomic mass is 32.1. The van der Waals surface area contributed by atoms with Crippen molar-refractivity contribution in [3.63, 3.8) is 0 Å². The second kappa shape index (κ2) is 2.07. The number of hydrogen-bond donors (Lipinski definition) is 2. The van der Waals surface area contributed by atoms with Crippen LogP contribution in [0.15, 0.2) is 5.03 Å². The monoisotopic (exact) mass is 172 g/mol. The van der Waals surface area contributed by atoms with Gasteiger partial charge in [0.1, 0.15) is 10.0 Å². The Bertz CT molecular complexity index is 301. The van der Waals surface area contributed by atoms with E-state index in [0.29, 0.717) is 0 Å². The van der Waals surface area contributed by atoms with Gasteiger partial charge in [0, 0.05) is 4.99 Å². The van der Waals surface area contributed by atoms with Crippen LogP contribution < -0.4 is 5.32 Å². The van der Waals surface area contributed by atoms with Crippen LogP contribution in [0, 0.1) is 6.92 Å². The van der Waals surface area contributed by atoms with Gasteiger partial charge in [-0.1, -0.05) is 0 Å². The molecule has 0 saturated heterocycles. The molecule has 0 bridgehead atoms. The number of aromatic nitrogens is 1. The quantitative estimate of drug-likeness (QED) is 0.461. The molecule has 1 aromatic heterocycles. The molecule has 0 radical (unpaired) electrons. The molecule has 0 saturated carbocycles. The molecule has 0 aliphatic carbocycles. The van der Waals surface area contributed by atoms with Crippen molar-refractivity contribution in [2.24, 2.45) is 0 Å². The second-order valence-electron chi connectivity index (χ2n) is 2.21. The van der Waals surface area contributed by atoms with Gasteiger partial charge in [-0.2, -0.15) is 0 Å². The molecule has 1 N–H and O–H groups in total. The van der Waals surface area contributed by atoms with Crippen LogP contribution in [-0.2, 0) is 0 Å². The molecule has 0 fully saturated rings. The first-order chi connectivity index (χ1) is 4.75. The predicted molar refractivity (Wildman–Crippen MR) is 48.4 cm³/mol. The van der Waals surface area contributed by atoms with Gasteiger partial charge >= 0.3 is 0 Å². The van der Waals surface area contributed by atoms with Crippen molar-refractivity contribution in [1.82, 2.24) is 4.98 Å². The lowest BCUT2D eigenvalue weighted by atomic mass is 10.7. The Morgan fingerprint density at radius 2 is 2.30 bits per heavy atom. The maximum absolute atomic E-state index is 4.36. The van der Waals surface area contributed by atoms with Crippen LogP contribution in [0.1, 0.15) is 11.9 Å². The van der Waals surface area contributed by atoms with E-state index < -0.39 is 0 Å². The van der Waals surface area contributed by atoms with Gasteiger partial charge in [0.05, 0.1) is 5.01 Å². The first-order valence-electron chi connectivity index (χ1n) is 3.05. The summed E-state index contributed by atoms with van der Waals surface area (Å²) < 4.78 is 0. The number of thiol groups is 1. The molecule has 2 heterocycles. The fourth-order valence-electron chi connectivity index (χ4n) is 0.924. The second-order valence-corrected chi connectivity index (χ2v) is 4.73. The molecule has 1 aliphatic heterocycles. The summed E-state index contributed by atoms with van der Waals surface area (Å²) >= 11 is 2.98. The summed E-state index contributed by atoms with van der Waals surface area (Å²) in [6, 6.07) is 0. The van der Waals surface area contributed by atoms with Gasteiger partial charge in [-0.05, 0) is 13.8 Å². The Kier molecular flexibility index (Phi) is 1.32. The van der Waals surface area contributed by atoms with Gasteiger partial charge < -0.3 is 5.32 Å². The zero-order valence-electron chi connectivity index (χ0n) is 5.80. The normalized spacial score (nSPS) is 15.2. The molecular formula is C6H8N2S2. The average molecular weight is 172 g/mol. The van der Waals surface area contributed by atoms with Crippen molar-refractivity contribution in [1.29, 1.82) is 0 Å². The lowest BCUT2D eigenvalue weighted by Crippen LogP contribution is -1.97. The number of thiazole rings is 1. The molecule has 54 valence electrons. The van der Waals surface area contributed by atoms with E-state index in [1.54, 1.807) is 11.3 Å². The van der Waals surface area contributed by atoms with E-state index in [0.717, 1.165) is 5.01 Å². The Labute approximate surface area is 67.3 Å². The van der Waals surface area contributed by atoms with E-state index in [2.05, 4.69) is 17.2 Å². The fraction of sp³-hybridized carbons (Fsp3) is 0.333. The molecule has 1 aliphatic rings. The van der Waals surface area contributed by atoms with E-state index in [4.69, 9.17) is 0 Å². The highest BCUT2D eigenvalue weighted by Crippen LogP contribution is 2.33. The van der Waals surface area contributed by atoms with Gasteiger partial charge in [0.2, 0.25) is 0 Å². The summed E-state index contributed by atoms with van der Waals surface area (Å²) in [5.41, 5.74) is 0. The third kappa shape index (κ3) is 0.876. The number of hydrogen-bond acceptors (Lipinski definition) is 3. The number of aryl methyl sites for hydroxylation is 1. The van der Waals surface area contributed by atoms with Crippen LogP contribution >= 0.6 is 22.7 Å². The summed E-state index contributed by atoms with van der Waals surface area (Å²) in [5, 5.41) is 6.86. The molecule has 10 heavy (non-hydrogen) atoms. The molecule has 1 aromatic rings. The standard InChI is InChI=1S/C6H8N2S2/c1-3-7-5-6(9-3)8-4(2)10-5/h7,9H,1-2H3. The highest BCUT2D eigenvalue weighted by molar-refractivity contribution is 7.99. The van der Waals surface area contributed by atoms with Crippen LogP contribution in [0.5, 0.6) is 0 Å². The van der Waals surface area contributed by atoms with Gasteiger partial charge in [-0.3, -0.25) is 0 Å². The molecule has 4 heteroatoms. The van der Waals surface area contributed by atoms with Crippen molar-refractivity contribution in [2.75, 3.05) is 5.32 Å². The Morgan fingerprint density at radius 1 is 1.50 bits per heavy atom. The summed E-state index contributed by atoms with van der Waals surface area (Å²) in [4.78, 5) is 5.65. The van der Waals surface area contributed by atoms with Crippen LogP contribution in [0.3, 0.4) is 0 Å². The number of nitrogens with one attached hydrogen (secondary N) is 1. The minimum atomic E-state index is 1.15. The molecule has 0 atom stereocenters. The Balaban J connectivity index is 2.53. The van der Waals surface area contributed by atoms with Gasteiger partial charge in [-0.25, -0.2) is 4.98 Å². The van der Waals surface area contributed by atoms with E-state index in [9.17, 15) is 0 Å². The SMILES string of the molecule is CC1=[SH]c2nc(C)sc2N1. The third-order valence-corrected chi connectivity index (χ3v) is 3.30. The highest BCUT2D eigenvalue weighted by Gasteiger charge is 2.12. The molecule has 2 nitrogen and oxygen atoms in total. The minimum absolute atomic E-state index is 1.15. The van der Waals surface area contributed by atoms with Crippen LogP contribution in [-0.4, -0.2) is 9.97 Å². The van der Waals surface area contributed by atoms with Gasteiger partial charge in [0.25, 0.3) is 0 Å². The lowest BCUT2D eigenvalue weighted by Gasteiger charge is -1.91. The predicted octanol–water partition coefficient (Wildman–Crippen LogP) is 1.85. The zero-order chi connectivity index (χ0) is 7.14. The summed E-state index contributed by atoms with van der Waals surface area (Å²) in [5.74, 6) is 0. The Morgan fingerprint density at radius 3 is 3.00 bits per heavy atom. The number of anilines is 1. The lowest BCUT2D eigenvalue weighted by molar-refractivity contribution is 1.16. The zero-order valence-corrected chi connectivity index (χ0v) is 7.51. The maximum Gasteiger partial charge on any atom is 0.127 e. The van der Waals surface area contributed by atoms with Crippen molar-refractivity contribution < 1.29 is 0 Å². The number of fused-ring (bicyclic) bond motifs is 1. The number of rotatable bonds is 0. The van der Waals surface area contributed by atoms with E-state index in [1.165, 1.54) is 26.4 Å². The van der Waals surface area contributed by atoms with Crippen LogP contribution in [0.25, 0.3) is 0 Å². The van der Waals surface area contributed by atoms with Crippen LogP contribution in [0.4, 0.5) is 5.00 Å². The molecule has 0 aromatic carbocycles. The summed E-state index contributed by atoms with van der Waals surface area (Å²) in [6.45, 7) is 4.13. The van der Waals surface area contributed by atoms with Crippen LogP contribution in [0.2, 0.25) is 0 Å². The molecule has 0 spiro atoms. The smallest absolute Gasteiger partial charge is 0.127 e. The van der Waals surface area contributed by atoms with Crippen molar-refractivity contribution in [3.8, 4) is 0 Å². The first-order valence-corrected chi connectivity index (χ1v) is 4.76. The van der Waals surface area contributed by atoms with E-state index in [1.807, 2.05) is 6.92 Å². The minimum Gasteiger partial charge on any atom is -0.344 e. The molecule has 2 rings (SSSR count). The third-order valence-electron chi connectivity index (χ3n) is 1.28. The van der Waals surface area contributed by atoms with Gasteiger partial charge in [-0.15, -0.1) is 22.7 Å². The topological polar surface area (TPSA) is 24.9 Å². The van der Waals surface area contributed by atoms with E-state index in [-0.39, 0.29) is 0 Å². The number of nitrogens with zero attached hydrogens (tertiary/aromatic N) is 1. The van der Waals surface area contributed by atoms with E-state index >= 15 is 0 Å². The molecule has 0 amide bonds. The van der Waals surface area contributed by atoms with Crippen molar-refractivity contribution >= 4 is 32.7 Å². The Hall–Kier alpha value is -0.350.